The Morgan fingerprint density at radius 1 is 1.07 bits per heavy atom. The Bertz CT molecular complexity index is 1030. The lowest BCUT2D eigenvalue weighted by Gasteiger charge is -2.35. The molecule has 3 aromatic rings. The molecule has 0 radical (unpaired) electrons. The highest BCUT2D eigenvalue weighted by Crippen LogP contribution is 2.23. The molecule has 6 heteroatoms. The average molecular weight is 406 g/mol. The van der Waals surface area contributed by atoms with Crippen molar-refractivity contribution in [2.24, 2.45) is 0 Å². The van der Waals surface area contributed by atoms with Crippen molar-refractivity contribution in [3.05, 3.63) is 65.1 Å². The fourth-order valence-electron chi connectivity index (χ4n) is 3.99. The number of fused-ring (bicyclic) bond motifs is 1. The Labute approximate surface area is 178 Å². The van der Waals surface area contributed by atoms with Crippen molar-refractivity contribution in [1.82, 2.24) is 24.4 Å². The zero-order valence-corrected chi connectivity index (χ0v) is 18.4. The minimum atomic E-state index is -0.0576. The SMILES string of the molecule is CCc1c(C(=O)N2CCN(Cc3ccccc3)CC2)cnc2cc(C(C)(C)C)nn12. The van der Waals surface area contributed by atoms with Gasteiger partial charge in [0.25, 0.3) is 5.91 Å². The Morgan fingerprint density at radius 2 is 1.77 bits per heavy atom. The lowest BCUT2D eigenvalue weighted by molar-refractivity contribution is 0.0626. The van der Waals surface area contributed by atoms with E-state index in [4.69, 9.17) is 5.10 Å². The summed E-state index contributed by atoms with van der Waals surface area (Å²) in [6.45, 7) is 12.7. The lowest BCUT2D eigenvalue weighted by atomic mass is 9.93. The maximum Gasteiger partial charge on any atom is 0.257 e. The maximum absolute atomic E-state index is 13.3. The van der Waals surface area contributed by atoms with E-state index in [0.717, 1.165) is 56.2 Å². The van der Waals surface area contributed by atoms with Crippen molar-refractivity contribution in [3.8, 4) is 0 Å². The molecule has 30 heavy (non-hydrogen) atoms. The van der Waals surface area contributed by atoms with E-state index in [-0.39, 0.29) is 11.3 Å². The molecule has 0 spiro atoms. The normalized spacial score (nSPS) is 15.7. The van der Waals surface area contributed by atoms with Crippen molar-refractivity contribution in [1.29, 1.82) is 0 Å². The molecule has 1 fully saturated rings. The van der Waals surface area contributed by atoms with Crippen LogP contribution in [0.2, 0.25) is 0 Å². The molecule has 1 saturated heterocycles. The van der Waals surface area contributed by atoms with Gasteiger partial charge in [-0.25, -0.2) is 9.50 Å². The Balaban J connectivity index is 1.51. The molecule has 0 unspecified atom stereocenters. The summed E-state index contributed by atoms with van der Waals surface area (Å²) in [5.41, 5.74) is 4.66. The van der Waals surface area contributed by atoms with Crippen LogP contribution in [-0.4, -0.2) is 56.5 Å². The second-order valence-corrected chi connectivity index (χ2v) is 9.08. The van der Waals surface area contributed by atoms with Crippen LogP contribution in [0.4, 0.5) is 0 Å². The molecule has 1 aliphatic rings. The van der Waals surface area contributed by atoms with Crippen LogP contribution in [0.5, 0.6) is 0 Å². The van der Waals surface area contributed by atoms with E-state index in [1.54, 1.807) is 6.20 Å². The third-order valence-corrected chi connectivity index (χ3v) is 5.83. The van der Waals surface area contributed by atoms with Gasteiger partial charge >= 0.3 is 0 Å². The summed E-state index contributed by atoms with van der Waals surface area (Å²) in [4.78, 5) is 22.2. The maximum atomic E-state index is 13.3. The molecule has 1 aliphatic heterocycles. The number of benzene rings is 1. The quantitative estimate of drug-likeness (QED) is 0.666. The van der Waals surface area contributed by atoms with E-state index in [1.165, 1.54) is 5.56 Å². The molecule has 6 nitrogen and oxygen atoms in total. The largest absolute Gasteiger partial charge is 0.336 e. The highest BCUT2D eigenvalue weighted by atomic mass is 16.2. The van der Waals surface area contributed by atoms with Crippen LogP contribution < -0.4 is 0 Å². The summed E-state index contributed by atoms with van der Waals surface area (Å²) in [5, 5.41) is 4.78. The Hall–Kier alpha value is -2.73. The van der Waals surface area contributed by atoms with Crippen molar-refractivity contribution >= 4 is 11.6 Å². The van der Waals surface area contributed by atoms with Crippen LogP contribution in [0.1, 0.15) is 55.0 Å². The van der Waals surface area contributed by atoms with Gasteiger partial charge in [-0.2, -0.15) is 5.10 Å². The van der Waals surface area contributed by atoms with Crippen molar-refractivity contribution < 1.29 is 4.79 Å². The number of aryl methyl sites for hydroxylation is 1. The average Bonchev–Trinajstić information content (AvgIpc) is 3.19. The van der Waals surface area contributed by atoms with Crippen LogP contribution >= 0.6 is 0 Å². The highest BCUT2D eigenvalue weighted by Gasteiger charge is 2.26. The van der Waals surface area contributed by atoms with Gasteiger partial charge in [0.2, 0.25) is 0 Å². The highest BCUT2D eigenvalue weighted by molar-refractivity contribution is 5.95. The monoisotopic (exact) mass is 405 g/mol. The van der Waals surface area contributed by atoms with Gasteiger partial charge in [0.05, 0.1) is 17.0 Å². The van der Waals surface area contributed by atoms with Crippen LogP contribution in [0, 0.1) is 0 Å². The smallest absolute Gasteiger partial charge is 0.257 e. The minimum absolute atomic E-state index is 0.0576. The first kappa shape index (κ1) is 20.5. The number of nitrogens with zero attached hydrogens (tertiary/aromatic N) is 5. The van der Waals surface area contributed by atoms with E-state index in [9.17, 15) is 4.79 Å². The Morgan fingerprint density at radius 3 is 2.40 bits per heavy atom. The molecule has 158 valence electrons. The van der Waals surface area contributed by atoms with Gasteiger partial charge in [-0.05, 0) is 12.0 Å². The van der Waals surface area contributed by atoms with Gasteiger partial charge in [0.1, 0.15) is 0 Å². The number of carbonyl (C=O) groups is 1. The van der Waals surface area contributed by atoms with Crippen LogP contribution in [-0.2, 0) is 18.4 Å². The van der Waals surface area contributed by atoms with Crippen LogP contribution in [0.15, 0.2) is 42.6 Å². The molecule has 4 rings (SSSR count). The van der Waals surface area contributed by atoms with Crippen molar-refractivity contribution in [2.75, 3.05) is 26.2 Å². The minimum Gasteiger partial charge on any atom is -0.336 e. The standard InChI is InChI=1S/C24H31N5O/c1-5-20-19(16-25-22-15-21(24(2,3)4)26-29(20)22)23(30)28-13-11-27(12-14-28)17-18-9-7-6-8-10-18/h6-10,15-16H,5,11-14,17H2,1-4H3. The van der Waals surface area contributed by atoms with Gasteiger partial charge in [0, 0.05) is 50.4 Å². The van der Waals surface area contributed by atoms with E-state index in [1.807, 2.05) is 21.5 Å². The fourth-order valence-corrected chi connectivity index (χ4v) is 3.99. The zero-order chi connectivity index (χ0) is 21.3. The first-order valence-corrected chi connectivity index (χ1v) is 10.8. The lowest BCUT2D eigenvalue weighted by Crippen LogP contribution is -2.48. The first-order chi connectivity index (χ1) is 14.4. The number of rotatable bonds is 4. The summed E-state index contributed by atoms with van der Waals surface area (Å²) in [6.07, 6.45) is 2.47. The number of aromatic nitrogens is 3. The van der Waals surface area contributed by atoms with Gasteiger partial charge in [0.15, 0.2) is 5.65 Å². The van der Waals surface area contributed by atoms with Gasteiger partial charge in [-0.15, -0.1) is 0 Å². The molecular formula is C24H31N5O. The first-order valence-electron chi connectivity index (χ1n) is 10.8. The van der Waals surface area contributed by atoms with Gasteiger partial charge in [-0.1, -0.05) is 58.0 Å². The molecule has 0 bridgehead atoms. The number of hydrogen-bond donors (Lipinski definition) is 0. The predicted molar refractivity (Wildman–Crippen MR) is 119 cm³/mol. The topological polar surface area (TPSA) is 53.7 Å². The van der Waals surface area contributed by atoms with E-state index in [2.05, 4.69) is 61.8 Å². The molecular weight excluding hydrogens is 374 g/mol. The fraction of sp³-hybridized carbons (Fsp3) is 0.458. The molecule has 0 N–H and O–H groups in total. The predicted octanol–water partition coefficient (Wildman–Crippen LogP) is 3.55. The molecule has 2 aromatic heterocycles. The van der Waals surface area contributed by atoms with Gasteiger partial charge < -0.3 is 4.90 Å². The van der Waals surface area contributed by atoms with E-state index in [0.29, 0.717) is 5.56 Å². The summed E-state index contributed by atoms with van der Waals surface area (Å²) in [6, 6.07) is 12.5. The van der Waals surface area contributed by atoms with Crippen LogP contribution in [0.3, 0.4) is 0 Å². The van der Waals surface area contributed by atoms with E-state index < -0.39 is 0 Å². The second-order valence-electron chi connectivity index (χ2n) is 9.08. The molecule has 1 aromatic carbocycles. The molecule has 0 saturated carbocycles. The second kappa shape index (κ2) is 8.19. The summed E-state index contributed by atoms with van der Waals surface area (Å²) in [5.74, 6) is 0.0634. The number of hydrogen-bond acceptors (Lipinski definition) is 4. The summed E-state index contributed by atoms with van der Waals surface area (Å²) >= 11 is 0. The van der Waals surface area contributed by atoms with Crippen molar-refractivity contribution in [3.63, 3.8) is 0 Å². The van der Waals surface area contributed by atoms with Gasteiger partial charge in [-0.3, -0.25) is 9.69 Å². The summed E-state index contributed by atoms with van der Waals surface area (Å²) < 4.78 is 1.86. The summed E-state index contributed by atoms with van der Waals surface area (Å²) in [7, 11) is 0. The third-order valence-electron chi connectivity index (χ3n) is 5.83. The van der Waals surface area contributed by atoms with Crippen molar-refractivity contribution in [2.45, 2.75) is 46.1 Å². The number of piperazine rings is 1. The number of carbonyl (C=O) groups excluding carboxylic acids is 1. The third kappa shape index (κ3) is 4.10. The zero-order valence-electron chi connectivity index (χ0n) is 18.4. The molecule has 3 heterocycles. The molecule has 1 amide bonds. The van der Waals surface area contributed by atoms with E-state index >= 15 is 0 Å². The Kier molecular flexibility index (Phi) is 5.60. The van der Waals surface area contributed by atoms with Crippen LogP contribution in [0.25, 0.3) is 5.65 Å². The number of amides is 1. The molecule has 0 aliphatic carbocycles. The molecule has 0 atom stereocenters.